The van der Waals surface area contributed by atoms with Gasteiger partial charge in [-0.25, -0.2) is 0 Å². The molecule has 2 aromatic rings. The maximum absolute atomic E-state index is 13.2. The summed E-state index contributed by atoms with van der Waals surface area (Å²) in [6.45, 7) is 6.45. The van der Waals surface area contributed by atoms with E-state index < -0.39 is 0 Å². The van der Waals surface area contributed by atoms with E-state index in [2.05, 4.69) is 36.0 Å². The molecule has 3 atom stereocenters. The highest BCUT2D eigenvalue weighted by atomic mass is 35.5. The maximum Gasteiger partial charge on any atom is 0.298 e. The van der Waals surface area contributed by atoms with Gasteiger partial charge in [0.15, 0.2) is 5.58 Å². The zero-order valence-electron chi connectivity index (χ0n) is 19.3. The Labute approximate surface area is 196 Å². The van der Waals surface area contributed by atoms with Gasteiger partial charge < -0.3 is 24.3 Å². The van der Waals surface area contributed by atoms with Gasteiger partial charge >= 0.3 is 0 Å². The van der Waals surface area contributed by atoms with E-state index in [9.17, 15) is 4.79 Å². The standard InChI is InChI=1S/C24H34N4O3.ClH/c1-15(2)20-14-30-11-10-28(20)24-26-22-19(8-5-9-21(22)31-24)23(29)25-16-12-17-6-4-7-18(13-16)27(17)3;/h5,8-9,15-18,20H,4,6-7,10-14H2,1-3H3,(H,25,29);1H/t16?,17?,18?,20-;/m0./s1. The van der Waals surface area contributed by atoms with Crippen LogP contribution in [0.1, 0.15) is 56.3 Å². The van der Waals surface area contributed by atoms with Crippen molar-refractivity contribution in [1.29, 1.82) is 0 Å². The second-order valence-electron chi connectivity index (χ2n) is 9.77. The summed E-state index contributed by atoms with van der Waals surface area (Å²) in [6.07, 6.45) is 5.84. The molecule has 3 aliphatic heterocycles. The molecular formula is C24H35ClN4O3. The van der Waals surface area contributed by atoms with Crippen LogP contribution < -0.4 is 10.2 Å². The summed E-state index contributed by atoms with van der Waals surface area (Å²) < 4.78 is 11.8. The second-order valence-corrected chi connectivity index (χ2v) is 9.77. The summed E-state index contributed by atoms with van der Waals surface area (Å²) in [5, 5.41) is 3.31. The third-order valence-electron chi connectivity index (χ3n) is 7.51. The van der Waals surface area contributed by atoms with Crippen molar-refractivity contribution < 1.29 is 13.9 Å². The molecule has 3 saturated heterocycles. The number of halogens is 1. The molecule has 0 saturated carbocycles. The average molecular weight is 463 g/mol. The van der Waals surface area contributed by atoms with Crippen LogP contribution in [-0.2, 0) is 4.74 Å². The van der Waals surface area contributed by atoms with E-state index >= 15 is 0 Å². The monoisotopic (exact) mass is 462 g/mol. The number of benzene rings is 1. The Hall–Kier alpha value is -1.83. The molecule has 0 radical (unpaired) electrons. The van der Waals surface area contributed by atoms with Crippen LogP contribution in [0.15, 0.2) is 22.6 Å². The normalized spacial score (nSPS) is 28.6. The van der Waals surface area contributed by atoms with Gasteiger partial charge in [-0.2, -0.15) is 4.98 Å². The molecule has 1 amide bonds. The summed E-state index contributed by atoms with van der Waals surface area (Å²) in [7, 11) is 2.24. The van der Waals surface area contributed by atoms with Crippen LogP contribution in [0.25, 0.3) is 11.1 Å². The molecule has 3 aliphatic rings. The van der Waals surface area contributed by atoms with Crippen molar-refractivity contribution >= 4 is 35.4 Å². The molecule has 1 aromatic heterocycles. The van der Waals surface area contributed by atoms with E-state index in [0.29, 0.717) is 53.9 Å². The van der Waals surface area contributed by atoms with E-state index in [1.54, 1.807) is 0 Å². The van der Waals surface area contributed by atoms with Crippen molar-refractivity contribution in [3.63, 3.8) is 0 Å². The number of hydrogen-bond donors (Lipinski definition) is 1. The first-order chi connectivity index (χ1) is 15.0. The van der Waals surface area contributed by atoms with Crippen molar-refractivity contribution in [3.05, 3.63) is 23.8 Å². The number of piperidine rings is 2. The fourth-order valence-electron chi connectivity index (χ4n) is 5.65. The number of amides is 1. The molecule has 8 heteroatoms. The van der Waals surface area contributed by atoms with Gasteiger partial charge in [0.2, 0.25) is 0 Å². The van der Waals surface area contributed by atoms with Crippen molar-refractivity contribution in [2.45, 2.75) is 70.1 Å². The van der Waals surface area contributed by atoms with E-state index in [0.717, 1.165) is 19.4 Å². The van der Waals surface area contributed by atoms with Crippen LogP contribution >= 0.6 is 12.4 Å². The van der Waals surface area contributed by atoms with Gasteiger partial charge in [-0.3, -0.25) is 4.79 Å². The van der Waals surface area contributed by atoms with Crippen LogP contribution in [-0.4, -0.2) is 66.8 Å². The van der Waals surface area contributed by atoms with Crippen LogP contribution in [0.3, 0.4) is 0 Å². The number of carbonyl (C=O) groups excluding carboxylic acids is 1. The van der Waals surface area contributed by atoms with Crippen molar-refractivity contribution in [1.82, 2.24) is 15.2 Å². The Balaban J connectivity index is 0.00000245. The molecule has 0 spiro atoms. The fourth-order valence-corrected chi connectivity index (χ4v) is 5.65. The Kier molecular flexibility index (Phi) is 6.98. The number of fused-ring (bicyclic) bond motifs is 3. The van der Waals surface area contributed by atoms with Gasteiger partial charge in [-0.15, -0.1) is 12.4 Å². The molecule has 4 heterocycles. The first kappa shape index (κ1) is 23.3. The zero-order chi connectivity index (χ0) is 21.5. The van der Waals surface area contributed by atoms with Crippen LogP contribution in [0.5, 0.6) is 0 Å². The minimum atomic E-state index is -0.0412. The number of nitrogens with zero attached hydrogens (tertiary/aromatic N) is 3. The zero-order valence-corrected chi connectivity index (χ0v) is 20.1. The first-order valence-electron chi connectivity index (χ1n) is 11.8. The topological polar surface area (TPSA) is 70.8 Å². The summed E-state index contributed by atoms with van der Waals surface area (Å²) in [5.74, 6) is 0.377. The van der Waals surface area contributed by atoms with Gasteiger partial charge in [-0.05, 0) is 50.8 Å². The van der Waals surface area contributed by atoms with Gasteiger partial charge in [-0.1, -0.05) is 26.3 Å². The third kappa shape index (κ3) is 4.35. The van der Waals surface area contributed by atoms with E-state index in [-0.39, 0.29) is 30.4 Å². The molecule has 3 fully saturated rings. The van der Waals surface area contributed by atoms with Gasteiger partial charge in [0.25, 0.3) is 11.9 Å². The Morgan fingerprint density at radius 2 is 1.97 bits per heavy atom. The number of ether oxygens (including phenoxy) is 1. The third-order valence-corrected chi connectivity index (χ3v) is 7.51. The quantitative estimate of drug-likeness (QED) is 0.744. The minimum absolute atomic E-state index is 0. The average Bonchev–Trinajstić information content (AvgIpc) is 3.18. The fraction of sp³-hybridized carbons (Fsp3) is 0.667. The predicted molar refractivity (Wildman–Crippen MR) is 128 cm³/mol. The van der Waals surface area contributed by atoms with E-state index in [1.165, 1.54) is 19.3 Å². The summed E-state index contributed by atoms with van der Waals surface area (Å²) in [5.41, 5.74) is 1.92. The lowest BCUT2D eigenvalue weighted by Gasteiger charge is -2.47. The van der Waals surface area contributed by atoms with E-state index in [1.807, 2.05) is 18.2 Å². The highest BCUT2D eigenvalue weighted by Crippen LogP contribution is 2.33. The number of anilines is 1. The highest BCUT2D eigenvalue weighted by Gasteiger charge is 2.37. The Morgan fingerprint density at radius 3 is 2.69 bits per heavy atom. The lowest BCUT2D eigenvalue weighted by atomic mass is 9.82. The molecule has 1 aromatic carbocycles. The second kappa shape index (κ2) is 9.57. The summed E-state index contributed by atoms with van der Waals surface area (Å²) in [4.78, 5) is 22.7. The molecule has 2 unspecified atom stereocenters. The van der Waals surface area contributed by atoms with Gasteiger partial charge in [0, 0.05) is 24.7 Å². The Bertz CT molecular complexity index is 934. The number of oxazole rings is 1. The smallest absolute Gasteiger partial charge is 0.298 e. The maximum atomic E-state index is 13.2. The first-order valence-corrected chi connectivity index (χ1v) is 11.8. The molecule has 7 nitrogen and oxygen atoms in total. The van der Waals surface area contributed by atoms with Crippen LogP contribution in [0.4, 0.5) is 6.01 Å². The molecular weight excluding hydrogens is 428 g/mol. The molecule has 1 N–H and O–H groups in total. The number of para-hydroxylation sites is 1. The molecule has 5 rings (SSSR count). The predicted octanol–water partition coefficient (Wildman–Crippen LogP) is 3.86. The summed E-state index contributed by atoms with van der Waals surface area (Å²) in [6, 6.07) is 7.85. The van der Waals surface area contributed by atoms with Crippen molar-refractivity contribution in [2.24, 2.45) is 5.92 Å². The SMILES string of the molecule is CC(C)[C@@H]1COCCN1c1nc2c(C(=O)NC3CC4CCCC(C3)N4C)cccc2o1.Cl. The number of nitrogens with one attached hydrogen (secondary N) is 1. The number of aromatic nitrogens is 1. The minimum Gasteiger partial charge on any atom is -0.423 e. The lowest BCUT2D eigenvalue weighted by Crippen LogP contribution is -2.55. The van der Waals surface area contributed by atoms with Crippen LogP contribution in [0.2, 0.25) is 0 Å². The Morgan fingerprint density at radius 1 is 1.22 bits per heavy atom. The van der Waals surface area contributed by atoms with Crippen molar-refractivity contribution in [3.8, 4) is 0 Å². The van der Waals surface area contributed by atoms with Gasteiger partial charge in [0.1, 0.15) is 5.52 Å². The van der Waals surface area contributed by atoms with Crippen molar-refractivity contribution in [2.75, 3.05) is 31.7 Å². The molecule has 32 heavy (non-hydrogen) atoms. The number of morpholine rings is 1. The lowest BCUT2D eigenvalue weighted by molar-refractivity contribution is 0.0463. The van der Waals surface area contributed by atoms with E-state index in [4.69, 9.17) is 14.1 Å². The number of hydrogen-bond acceptors (Lipinski definition) is 6. The van der Waals surface area contributed by atoms with Crippen LogP contribution in [0, 0.1) is 5.92 Å². The highest BCUT2D eigenvalue weighted by molar-refractivity contribution is 6.04. The molecule has 176 valence electrons. The van der Waals surface area contributed by atoms with Gasteiger partial charge in [0.05, 0.1) is 24.8 Å². The molecule has 2 bridgehead atoms. The number of rotatable bonds is 4. The summed E-state index contributed by atoms with van der Waals surface area (Å²) >= 11 is 0. The molecule has 0 aliphatic carbocycles. The number of carbonyl (C=O) groups is 1. The largest absolute Gasteiger partial charge is 0.423 e.